The highest BCUT2D eigenvalue weighted by atomic mass is 32.1. The number of amides is 1. The van der Waals surface area contributed by atoms with Crippen molar-refractivity contribution < 1.29 is 32.2 Å². The van der Waals surface area contributed by atoms with Gasteiger partial charge in [-0.05, 0) is 32.0 Å². The highest BCUT2D eigenvalue weighted by Crippen LogP contribution is 2.31. The zero-order chi connectivity index (χ0) is 25.2. The average molecular weight is 509 g/mol. The Bertz CT molecular complexity index is 1190. The van der Waals surface area contributed by atoms with E-state index in [1.807, 2.05) is 6.92 Å². The van der Waals surface area contributed by atoms with Crippen molar-refractivity contribution in [3.63, 3.8) is 0 Å². The molecule has 1 fully saturated rings. The number of benzene rings is 1. The van der Waals surface area contributed by atoms with Crippen molar-refractivity contribution in [3.05, 3.63) is 58.6 Å². The maximum Gasteiger partial charge on any atom is 0.451 e. The number of methoxy groups -OCH3 is 1. The summed E-state index contributed by atoms with van der Waals surface area (Å²) in [5, 5.41) is 3.49. The smallest absolute Gasteiger partial charge is 0.451 e. The fraction of sp³-hybridized carbons (Fsp3) is 0.391. The van der Waals surface area contributed by atoms with Gasteiger partial charge in [0, 0.05) is 47.3 Å². The lowest BCUT2D eigenvalue weighted by atomic mass is 10.0. The number of carbonyl (C=O) groups excluding carboxylic acids is 1. The Labute approximate surface area is 203 Å². The topological polar surface area (TPSA) is 95.5 Å². The van der Waals surface area contributed by atoms with Crippen molar-refractivity contribution in [2.75, 3.05) is 26.9 Å². The van der Waals surface area contributed by atoms with Gasteiger partial charge in [0.25, 0.3) is 5.91 Å². The van der Waals surface area contributed by atoms with Gasteiger partial charge in [-0.2, -0.15) is 13.2 Å². The molecule has 0 saturated carbocycles. The normalized spacial score (nSPS) is 15.8. The molecule has 0 aliphatic carbocycles. The predicted molar refractivity (Wildman–Crippen MR) is 121 cm³/mol. The van der Waals surface area contributed by atoms with Crippen LogP contribution in [0, 0.1) is 6.92 Å². The Balaban J connectivity index is 1.55. The largest absolute Gasteiger partial charge is 0.490 e. The molecule has 8 nitrogen and oxygen atoms in total. The summed E-state index contributed by atoms with van der Waals surface area (Å²) in [4.78, 5) is 25.2. The molecule has 3 aromatic rings. The van der Waals surface area contributed by atoms with Gasteiger partial charge in [0.15, 0.2) is 0 Å². The van der Waals surface area contributed by atoms with Gasteiger partial charge >= 0.3 is 6.18 Å². The van der Waals surface area contributed by atoms with E-state index in [0.29, 0.717) is 35.7 Å². The summed E-state index contributed by atoms with van der Waals surface area (Å²) < 4.78 is 54.9. The molecule has 35 heavy (non-hydrogen) atoms. The van der Waals surface area contributed by atoms with Crippen LogP contribution in [0.2, 0.25) is 0 Å². The van der Waals surface area contributed by atoms with Crippen LogP contribution in [0.15, 0.2) is 36.8 Å². The van der Waals surface area contributed by atoms with Gasteiger partial charge in [0.05, 0.1) is 19.3 Å². The summed E-state index contributed by atoms with van der Waals surface area (Å²) in [6.45, 7) is 4.63. The molecular formula is C23H23F3N4O4S. The fourth-order valence-corrected chi connectivity index (χ4v) is 4.05. The first-order chi connectivity index (χ1) is 16.6. The number of hydrogen-bond acceptors (Lipinski definition) is 8. The summed E-state index contributed by atoms with van der Waals surface area (Å²) >= 11 is 1.48. The lowest BCUT2D eigenvalue weighted by molar-refractivity contribution is -0.208. The zero-order valence-corrected chi connectivity index (χ0v) is 20.0. The molecule has 1 aliphatic rings. The van der Waals surface area contributed by atoms with E-state index in [4.69, 9.17) is 14.2 Å². The predicted octanol–water partition coefficient (Wildman–Crippen LogP) is 4.21. The maximum absolute atomic E-state index is 13.1. The Morgan fingerprint density at radius 2 is 1.91 bits per heavy atom. The number of thiazole rings is 1. The van der Waals surface area contributed by atoms with Gasteiger partial charge in [-0.25, -0.2) is 15.0 Å². The van der Waals surface area contributed by atoms with E-state index in [-0.39, 0.29) is 6.61 Å². The van der Waals surface area contributed by atoms with Crippen LogP contribution in [-0.4, -0.2) is 53.4 Å². The molecule has 1 atom stereocenters. The van der Waals surface area contributed by atoms with E-state index < -0.39 is 29.6 Å². The average Bonchev–Trinajstić information content (AvgIpc) is 3.24. The number of aryl methyl sites for hydroxylation is 1. The molecule has 3 heterocycles. The lowest BCUT2D eigenvalue weighted by Gasteiger charge is -2.39. The molecule has 4 rings (SSSR count). The van der Waals surface area contributed by atoms with E-state index in [2.05, 4.69) is 20.3 Å². The number of nitrogens with one attached hydrogen (secondary N) is 1. The van der Waals surface area contributed by atoms with Crippen molar-refractivity contribution in [2.24, 2.45) is 0 Å². The third kappa shape index (κ3) is 5.77. The first kappa shape index (κ1) is 25.0. The quantitative estimate of drug-likeness (QED) is 0.487. The summed E-state index contributed by atoms with van der Waals surface area (Å²) in [5.74, 6) is -1.22. The molecule has 186 valence electrons. The third-order valence-electron chi connectivity index (χ3n) is 5.48. The second kappa shape index (κ2) is 9.88. The standard InChI is InChI=1S/C23H23F3N4O4S/c1-13-7-27-20(35-13)16-4-15(5-18(6-16)34-12-22(32-3)10-33-11-22)19(31)30-14(2)17-8-28-21(29-9-17)23(24,25)26/h4-9,14H,10-12H2,1-3H3,(H,30,31). The van der Waals surface area contributed by atoms with Crippen LogP contribution in [0.25, 0.3) is 10.6 Å². The fourth-order valence-electron chi connectivity index (χ4n) is 3.30. The Hall–Kier alpha value is -3.09. The molecule has 0 bridgehead atoms. The van der Waals surface area contributed by atoms with Gasteiger partial charge in [-0.1, -0.05) is 0 Å². The number of rotatable bonds is 8. The second-order valence-corrected chi connectivity index (χ2v) is 9.46. The van der Waals surface area contributed by atoms with Crippen molar-refractivity contribution in [1.29, 1.82) is 0 Å². The molecule has 0 spiro atoms. The Morgan fingerprint density at radius 1 is 1.20 bits per heavy atom. The number of ether oxygens (including phenoxy) is 3. The van der Waals surface area contributed by atoms with E-state index in [9.17, 15) is 18.0 Å². The highest BCUT2D eigenvalue weighted by molar-refractivity contribution is 7.14. The highest BCUT2D eigenvalue weighted by Gasteiger charge is 2.40. The summed E-state index contributed by atoms with van der Waals surface area (Å²) in [6, 6.07) is 4.45. The second-order valence-electron chi connectivity index (χ2n) is 8.22. The molecule has 1 amide bonds. The number of alkyl halides is 3. The molecule has 1 N–H and O–H groups in total. The Kier molecular flexibility index (Phi) is 7.06. The number of halogens is 3. The van der Waals surface area contributed by atoms with Gasteiger partial charge in [-0.3, -0.25) is 4.79 Å². The van der Waals surface area contributed by atoms with Crippen molar-refractivity contribution in [3.8, 4) is 16.3 Å². The summed E-state index contributed by atoms with van der Waals surface area (Å²) in [7, 11) is 1.59. The number of nitrogens with zero attached hydrogens (tertiary/aromatic N) is 3. The van der Waals surface area contributed by atoms with Crippen LogP contribution >= 0.6 is 11.3 Å². The minimum Gasteiger partial charge on any atom is -0.490 e. The Morgan fingerprint density at radius 3 is 2.46 bits per heavy atom. The van der Waals surface area contributed by atoms with Crippen LogP contribution < -0.4 is 10.1 Å². The van der Waals surface area contributed by atoms with E-state index in [1.165, 1.54) is 11.3 Å². The van der Waals surface area contributed by atoms with Crippen molar-refractivity contribution >= 4 is 17.2 Å². The number of hydrogen-bond donors (Lipinski definition) is 1. The minimum absolute atomic E-state index is 0.240. The van der Waals surface area contributed by atoms with Gasteiger partial charge in [0.2, 0.25) is 5.82 Å². The molecule has 1 saturated heterocycles. The molecule has 1 aromatic carbocycles. The first-order valence-electron chi connectivity index (χ1n) is 10.6. The minimum atomic E-state index is -4.64. The molecular weight excluding hydrogens is 485 g/mol. The molecule has 1 aliphatic heterocycles. The van der Waals surface area contributed by atoms with Gasteiger partial charge in [-0.15, -0.1) is 11.3 Å². The number of carbonyl (C=O) groups is 1. The van der Waals surface area contributed by atoms with Crippen LogP contribution in [0.4, 0.5) is 13.2 Å². The van der Waals surface area contributed by atoms with Crippen LogP contribution in [0.3, 0.4) is 0 Å². The summed E-state index contributed by atoms with van der Waals surface area (Å²) in [5.41, 5.74) is 0.809. The summed E-state index contributed by atoms with van der Waals surface area (Å²) in [6.07, 6.45) is -0.793. The monoisotopic (exact) mass is 508 g/mol. The van der Waals surface area contributed by atoms with Crippen LogP contribution in [-0.2, 0) is 15.7 Å². The molecule has 1 unspecified atom stereocenters. The third-order valence-corrected chi connectivity index (χ3v) is 6.44. The van der Waals surface area contributed by atoms with Crippen LogP contribution in [0.5, 0.6) is 5.75 Å². The SMILES string of the molecule is COC1(COc2cc(C(=O)NC(C)c3cnc(C(F)(F)F)nc3)cc(-c3ncc(C)s3)c2)COC1. The first-order valence-corrected chi connectivity index (χ1v) is 11.4. The maximum atomic E-state index is 13.1. The molecule has 12 heteroatoms. The number of aromatic nitrogens is 3. The van der Waals surface area contributed by atoms with Crippen molar-refractivity contribution in [2.45, 2.75) is 31.7 Å². The van der Waals surface area contributed by atoms with E-state index >= 15 is 0 Å². The zero-order valence-electron chi connectivity index (χ0n) is 19.2. The van der Waals surface area contributed by atoms with E-state index in [0.717, 1.165) is 22.3 Å². The molecule has 0 radical (unpaired) electrons. The van der Waals surface area contributed by atoms with Crippen molar-refractivity contribution in [1.82, 2.24) is 20.3 Å². The van der Waals surface area contributed by atoms with Crippen LogP contribution in [0.1, 0.15) is 39.6 Å². The van der Waals surface area contributed by atoms with E-state index in [1.54, 1.807) is 38.4 Å². The van der Waals surface area contributed by atoms with Gasteiger partial charge < -0.3 is 19.5 Å². The lowest BCUT2D eigenvalue weighted by Crippen LogP contribution is -2.55. The molecule has 2 aromatic heterocycles. The van der Waals surface area contributed by atoms with Gasteiger partial charge in [0.1, 0.15) is 23.0 Å².